The van der Waals surface area contributed by atoms with E-state index in [4.69, 9.17) is 17.4 Å². The molecular weight excluding hydrogens is 553 g/mol. The van der Waals surface area contributed by atoms with Gasteiger partial charge < -0.3 is 17.4 Å². The molecule has 0 spiro atoms. The minimum atomic E-state index is -3.73. The highest BCUT2D eigenvalue weighted by Gasteiger charge is 2.53. The van der Waals surface area contributed by atoms with Crippen molar-refractivity contribution in [1.82, 2.24) is 0 Å². The molecule has 0 aliphatic heterocycles. The van der Waals surface area contributed by atoms with Crippen molar-refractivity contribution in [3.05, 3.63) is 176 Å². The molecule has 1 radical (unpaired) electrons. The molecule has 4 nitrogen and oxygen atoms in total. The molecule has 6 rings (SSSR count). The van der Waals surface area contributed by atoms with Gasteiger partial charge in [-0.1, -0.05) is 133 Å². The molecule has 0 fully saturated rings. The Balaban J connectivity index is 1.49. The van der Waals surface area contributed by atoms with Crippen molar-refractivity contribution in [2.24, 2.45) is 0 Å². The number of para-hydroxylation sites is 3. The topological polar surface area (TPSA) is 36.9 Å². The van der Waals surface area contributed by atoms with E-state index in [1.165, 1.54) is 0 Å². The van der Waals surface area contributed by atoms with E-state index in [0.717, 1.165) is 21.5 Å². The molecule has 42 heavy (non-hydrogen) atoms. The zero-order valence-corrected chi connectivity index (χ0v) is 24.9. The van der Waals surface area contributed by atoms with E-state index in [0.29, 0.717) is 17.2 Å². The van der Waals surface area contributed by atoms with E-state index < -0.39 is 18.1 Å². The van der Waals surface area contributed by atoms with E-state index in [2.05, 4.69) is 30.3 Å². The third-order valence-corrected chi connectivity index (χ3v) is 11.6. The first-order valence-corrected chi connectivity index (χ1v) is 16.8. The predicted octanol–water partition coefficient (Wildman–Crippen LogP) is 7.15. The van der Waals surface area contributed by atoms with Crippen LogP contribution in [0.3, 0.4) is 0 Å². The van der Waals surface area contributed by atoms with Gasteiger partial charge in [-0.3, -0.25) is 0 Å². The van der Waals surface area contributed by atoms with E-state index in [-0.39, 0.29) is 0 Å². The van der Waals surface area contributed by atoms with Crippen LogP contribution in [0.15, 0.2) is 176 Å². The van der Waals surface area contributed by atoms with Gasteiger partial charge in [0.15, 0.2) is 0 Å². The average molecular weight is 582 g/mol. The zero-order chi connectivity index (χ0) is 28.5. The van der Waals surface area contributed by atoms with E-state index in [9.17, 15) is 0 Å². The number of hydrogen-bond acceptors (Lipinski definition) is 4. The molecule has 0 unspecified atom stereocenters. The second kappa shape index (κ2) is 13.2. The van der Waals surface area contributed by atoms with E-state index in [1.807, 2.05) is 146 Å². The van der Waals surface area contributed by atoms with Crippen LogP contribution in [0.2, 0.25) is 0 Å². The molecule has 6 aromatic carbocycles. The largest absolute Gasteiger partial charge is 0.661 e. The van der Waals surface area contributed by atoms with Gasteiger partial charge in [-0.2, -0.15) is 0 Å². The summed E-state index contributed by atoms with van der Waals surface area (Å²) in [7, 11) is -5.96. The predicted molar refractivity (Wildman–Crippen MR) is 171 cm³/mol. The molecule has 0 N–H and O–H groups in total. The second-order valence-electron chi connectivity index (χ2n) is 9.50. The smallest absolute Gasteiger partial charge is 0.516 e. The van der Waals surface area contributed by atoms with Crippen LogP contribution in [-0.2, 0) is 4.12 Å². The normalized spacial score (nSPS) is 11.2. The lowest BCUT2D eigenvalue weighted by atomic mass is 10.1. The van der Waals surface area contributed by atoms with Crippen molar-refractivity contribution in [3.8, 4) is 28.4 Å². The van der Waals surface area contributed by atoms with Gasteiger partial charge in [0, 0.05) is 10.4 Å². The van der Waals surface area contributed by atoms with Crippen LogP contribution < -0.4 is 23.7 Å². The third kappa shape index (κ3) is 6.70. The molecule has 0 saturated carbocycles. The summed E-state index contributed by atoms with van der Waals surface area (Å²) in [5, 5.41) is 1.77. The summed E-state index contributed by atoms with van der Waals surface area (Å²) >= 11 is 0. The highest BCUT2D eigenvalue weighted by Crippen LogP contribution is 2.24. The Kier molecular flexibility index (Phi) is 8.57. The van der Waals surface area contributed by atoms with Crippen LogP contribution in [0.4, 0.5) is 0 Å². The van der Waals surface area contributed by atoms with Crippen molar-refractivity contribution in [1.29, 1.82) is 0 Å². The van der Waals surface area contributed by atoms with Crippen LogP contribution in [0.25, 0.3) is 11.1 Å². The molecule has 0 atom stereocenters. The van der Waals surface area contributed by atoms with Gasteiger partial charge in [-0.05, 0) is 53.6 Å². The van der Waals surface area contributed by atoms with Gasteiger partial charge >= 0.3 is 18.1 Å². The van der Waals surface area contributed by atoms with Crippen molar-refractivity contribution in [2.75, 3.05) is 0 Å². The van der Waals surface area contributed by atoms with Crippen LogP contribution >= 0.6 is 0 Å². The number of benzene rings is 6. The summed E-state index contributed by atoms with van der Waals surface area (Å²) in [6, 6.07) is 57.7. The lowest BCUT2D eigenvalue weighted by Crippen LogP contribution is -2.66. The van der Waals surface area contributed by atoms with Gasteiger partial charge in [-0.25, -0.2) is 0 Å². The standard InChI is InChI=1S/C36H29O4Si2/c1-6-17-30(18-7-1)31-19-16-26-35(29-31)41(37-32-20-8-2-9-21-32)40-42(36-27-14-5-15-28-36,38-33-22-10-3-11-23-33)39-34-24-12-4-13-25-34/h1-29H. The first-order chi connectivity index (χ1) is 20.8. The SMILES string of the molecule is c1ccc(O[Si](O[Si](Oc2ccccc2)(Oc2ccccc2)c2ccccc2)c2cccc(-c3ccccc3)c2)cc1. The molecule has 0 heterocycles. The van der Waals surface area contributed by atoms with Crippen molar-refractivity contribution in [2.45, 2.75) is 0 Å². The fourth-order valence-corrected chi connectivity index (χ4v) is 9.65. The van der Waals surface area contributed by atoms with Crippen molar-refractivity contribution < 1.29 is 17.4 Å². The summed E-state index contributed by atoms with van der Waals surface area (Å²) in [6.45, 7) is 0. The maximum atomic E-state index is 7.19. The van der Waals surface area contributed by atoms with Crippen LogP contribution in [-0.4, -0.2) is 18.1 Å². The third-order valence-electron chi connectivity index (χ3n) is 6.50. The van der Waals surface area contributed by atoms with E-state index in [1.54, 1.807) is 0 Å². The molecule has 0 aliphatic carbocycles. The van der Waals surface area contributed by atoms with Gasteiger partial charge in [0.1, 0.15) is 17.2 Å². The highest BCUT2D eigenvalue weighted by atomic mass is 28.4. The number of hydrogen-bond donors (Lipinski definition) is 0. The Morgan fingerprint density at radius 3 is 1.40 bits per heavy atom. The quantitative estimate of drug-likeness (QED) is 0.152. The maximum absolute atomic E-state index is 7.19. The van der Waals surface area contributed by atoms with Crippen LogP contribution in [0.5, 0.6) is 17.2 Å². The molecule has 6 heteroatoms. The second-order valence-corrected chi connectivity index (χ2v) is 13.8. The van der Waals surface area contributed by atoms with Gasteiger partial charge in [0.05, 0.1) is 0 Å². The van der Waals surface area contributed by atoms with Gasteiger partial charge in [0.2, 0.25) is 0 Å². The molecule has 0 bridgehead atoms. The minimum absolute atomic E-state index is 0.656. The monoisotopic (exact) mass is 581 g/mol. The summed E-state index contributed by atoms with van der Waals surface area (Å²) in [4.78, 5) is 0. The fourth-order valence-electron chi connectivity index (χ4n) is 4.48. The van der Waals surface area contributed by atoms with E-state index >= 15 is 0 Å². The lowest BCUT2D eigenvalue weighted by molar-refractivity contribution is 0.264. The minimum Gasteiger partial charge on any atom is -0.516 e. The average Bonchev–Trinajstić information content (AvgIpc) is 3.07. The first-order valence-electron chi connectivity index (χ1n) is 13.8. The molecule has 205 valence electrons. The van der Waals surface area contributed by atoms with Gasteiger partial charge in [0.25, 0.3) is 0 Å². The number of rotatable bonds is 11. The Hall–Kier alpha value is -4.89. The zero-order valence-electron chi connectivity index (χ0n) is 22.9. The van der Waals surface area contributed by atoms with Gasteiger partial charge in [-0.15, -0.1) is 0 Å². The maximum Gasteiger partial charge on any atom is 0.661 e. The van der Waals surface area contributed by atoms with Crippen molar-refractivity contribution in [3.63, 3.8) is 0 Å². The molecule has 0 aliphatic rings. The summed E-state index contributed by atoms with van der Waals surface area (Å²) in [6.07, 6.45) is 0. The molecule has 0 aromatic heterocycles. The summed E-state index contributed by atoms with van der Waals surface area (Å²) < 4.78 is 27.6. The van der Waals surface area contributed by atoms with Crippen LogP contribution in [0, 0.1) is 0 Å². The lowest BCUT2D eigenvalue weighted by Gasteiger charge is -2.33. The Morgan fingerprint density at radius 2 is 0.857 bits per heavy atom. The highest BCUT2D eigenvalue weighted by molar-refractivity contribution is 6.84. The Bertz CT molecular complexity index is 1630. The Labute approximate surface area is 249 Å². The van der Waals surface area contributed by atoms with Crippen LogP contribution in [0.1, 0.15) is 0 Å². The molecular formula is C36H29O4Si2. The first kappa shape index (κ1) is 27.3. The molecule has 0 amide bonds. The molecule has 6 aromatic rings. The molecule has 0 saturated heterocycles. The summed E-state index contributed by atoms with van der Waals surface area (Å²) in [5.41, 5.74) is 2.20. The Morgan fingerprint density at radius 1 is 0.405 bits per heavy atom. The fraction of sp³-hybridized carbons (Fsp3) is 0. The summed E-state index contributed by atoms with van der Waals surface area (Å²) in [5.74, 6) is 2.03. The van der Waals surface area contributed by atoms with Crippen molar-refractivity contribution >= 4 is 28.5 Å².